The van der Waals surface area contributed by atoms with Gasteiger partial charge in [-0.2, -0.15) is 5.10 Å². The highest BCUT2D eigenvalue weighted by Gasteiger charge is 2.31. The second kappa shape index (κ2) is 7.54. The summed E-state index contributed by atoms with van der Waals surface area (Å²) in [6, 6.07) is 6.15. The lowest BCUT2D eigenvalue weighted by Gasteiger charge is -2.25. The molecule has 152 valence electrons. The summed E-state index contributed by atoms with van der Waals surface area (Å²) >= 11 is 1.69. The summed E-state index contributed by atoms with van der Waals surface area (Å²) in [4.78, 5) is 21.8. The van der Waals surface area contributed by atoms with Crippen molar-refractivity contribution in [2.75, 3.05) is 13.2 Å². The van der Waals surface area contributed by atoms with Gasteiger partial charge in [0.2, 0.25) is 0 Å². The fourth-order valence-corrected chi connectivity index (χ4v) is 4.95. The summed E-state index contributed by atoms with van der Waals surface area (Å²) < 4.78 is 7.66. The van der Waals surface area contributed by atoms with Gasteiger partial charge in [-0.1, -0.05) is 6.07 Å². The van der Waals surface area contributed by atoms with Crippen LogP contribution >= 0.6 is 11.3 Å². The van der Waals surface area contributed by atoms with Crippen LogP contribution in [0.25, 0.3) is 11.0 Å². The molecule has 0 N–H and O–H groups in total. The fraction of sp³-hybridized carbons (Fsp3) is 0.500. The maximum Gasteiger partial charge on any atom is 0.255 e. The molecule has 0 spiro atoms. The molecule has 0 aromatic carbocycles. The molecule has 0 radical (unpaired) electrons. The molecule has 2 fully saturated rings. The molecular formula is C22H26N4O2S. The minimum atomic E-state index is 0.0549. The Morgan fingerprint density at radius 1 is 1.38 bits per heavy atom. The molecule has 1 amide bonds. The lowest BCUT2D eigenvalue weighted by Crippen LogP contribution is -2.37. The van der Waals surface area contributed by atoms with Crippen molar-refractivity contribution in [1.29, 1.82) is 0 Å². The van der Waals surface area contributed by atoms with Gasteiger partial charge in [0.05, 0.1) is 29.3 Å². The standard InChI is InChI=1S/C22H26N4O2S/c1-14-20-18(11-19(15-7-8-15)23-21(20)25(2)24-14)22(27)26(12-16-5-3-9-28-16)13-17-6-4-10-29-17/h4,6,10-11,15-16H,3,5,7-9,12-13H2,1-2H3. The number of hydrogen-bond acceptors (Lipinski definition) is 5. The molecule has 1 unspecified atom stereocenters. The number of nitrogens with zero attached hydrogens (tertiary/aromatic N) is 4. The van der Waals surface area contributed by atoms with Crippen LogP contribution in [0, 0.1) is 6.92 Å². The predicted molar refractivity (Wildman–Crippen MR) is 113 cm³/mol. The number of hydrogen-bond donors (Lipinski definition) is 0. The molecule has 7 heteroatoms. The molecule has 4 heterocycles. The van der Waals surface area contributed by atoms with E-state index in [1.54, 1.807) is 16.0 Å². The van der Waals surface area contributed by atoms with E-state index in [2.05, 4.69) is 16.5 Å². The number of rotatable bonds is 6. The second-order valence-corrected chi connectivity index (χ2v) is 9.21. The van der Waals surface area contributed by atoms with Crippen molar-refractivity contribution in [2.45, 2.75) is 51.2 Å². The topological polar surface area (TPSA) is 60.2 Å². The van der Waals surface area contributed by atoms with Crippen LogP contribution in [0.1, 0.15) is 58.2 Å². The average molecular weight is 411 g/mol. The van der Waals surface area contributed by atoms with Gasteiger partial charge in [-0.3, -0.25) is 9.48 Å². The maximum absolute atomic E-state index is 13.8. The molecule has 2 aliphatic rings. The van der Waals surface area contributed by atoms with Crippen LogP contribution in [0.3, 0.4) is 0 Å². The number of amides is 1. The number of aryl methyl sites for hydroxylation is 2. The number of pyridine rings is 1. The molecule has 3 aromatic rings. The average Bonchev–Trinajstić information content (AvgIpc) is 3.08. The normalized spacial score (nSPS) is 19.2. The first kappa shape index (κ1) is 18.8. The minimum Gasteiger partial charge on any atom is -0.376 e. The van der Waals surface area contributed by atoms with Gasteiger partial charge >= 0.3 is 0 Å². The zero-order valence-electron chi connectivity index (χ0n) is 16.9. The number of carbonyl (C=O) groups is 1. The second-order valence-electron chi connectivity index (χ2n) is 8.18. The largest absolute Gasteiger partial charge is 0.376 e. The van der Waals surface area contributed by atoms with Crippen LogP contribution in [0.2, 0.25) is 0 Å². The van der Waals surface area contributed by atoms with Gasteiger partial charge < -0.3 is 9.64 Å². The Morgan fingerprint density at radius 3 is 2.93 bits per heavy atom. The van der Waals surface area contributed by atoms with Crippen molar-refractivity contribution in [3.63, 3.8) is 0 Å². The molecule has 3 aromatic heterocycles. The molecule has 5 rings (SSSR count). The number of fused-ring (bicyclic) bond motifs is 1. The maximum atomic E-state index is 13.8. The molecule has 6 nitrogen and oxygen atoms in total. The molecule has 1 atom stereocenters. The van der Waals surface area contributed by atoms with Crippen molar-refractivity contribution in [3.05, 3.63) is 45.4 Å². The van der Waals surface area contributed by atoms with Crippen molar-refractivity contribution < 1.29 is 9.53 Å². The van der Waals surface area contributed by atoms with Gasteiger partial charge in [0, 0.05) is 36.7 Å². The summed E-state index contributed by atoms with van der Waals surface area (Å²) in [5.41, 5.74) is 3.42. The molecule has 1 saturated carbocycles. The van der Waals surface area contributed by atoms with E-state index >= 15 is 0 Å². The van der Waals surface area contributed by atoms with Crippen LogP contribution in [-0.4, -0.2) is 44.8 Å². The smallest absolute Gasteiger partial charge is 0.255 e. The first-order valence-electron chi connectivity index (χ1n) is 10.4. The van der Waals surface area contributed by atoms with Gasteiger partial charge in [-0.15, -0.1) is 11.3 Å². The molecule has 1 saturated heterocycles. The lowest BCUT2D eigenvalue weighted by atomic mass is 10.1. The van der Waals surface area contributed by atoms with E-state index in [1.165, 1.54) is 4.88 Å². The summed E-state index contributed by atoms with van der Waals surface area (Å²) in [6.45, 7) is 3.98. The first-order chi connectivity index (χ1) is 14.1. The molecule has 0 bridgehead atoms. The highest BCUT2D eigenvalue weighted by molar-refractivity contribution is 7.09. The highest BCUT2D eigenvalue weighted by atomic mass is 32.1. The van der Waals surface area contributed by atoms with E-state index in [0.29, 0.717) is 19.0 Å². The third kappa shape index (κ3) is 3.69. The Morgan fingerprint density at radius 2 is 2.24 bits per heavy atom. The lowest BCUT2D eigenvalue weighted by molar-refractivity contribution is 0.0511. The van der Waals surface area contributed by atoms with E-state index in [9.17, 15) is 4.79 Å². The van der Waals surface area contributed by atoms with Crippen molar-refractivity contribution in [2.24, 2.45) is 7.05 Å². The van der Waals surface area contributed by atoms with E-state index in [0.717, 1.165) is 60.3 Å². The highest BCUT2D eigenvalue weighted by Crippen LogP contribution is 2.40. The van der Waals surface area contributed by atoms with Crippen LogP contribution in [-0.2, 0) is 18.3 Å². The summed E-state index contributed by atoms with van der Waals surface area (Å²) in [7, 11) is 1.91. The van der Waals surface area contributed by atoms with Gasteiger partial charge in [-0.05, 0) is 50.1 Å². The Hall–Kier alpha value is -2.25. The Kier molecular flexibility index (Phi) is 4.87. The number of thiophene rings is 1. The third-order valence-corrected chi connectivity index (χ3v) is 6.74. The predicted octanol–water partition coefficient (Wildman–Crippen LogP) is 4.04. The van der Waals surface area contributed by atoms with E-state index in [1.807, 2.05) is 31.0 Å². The van der Waals surface area contributed by atoms with E-state index < -0.39 is 0 Å². The summed E-state index contributed by atoms with van der Waals surface area (Å²) in [6.07, 6.45) is 4.50. The van der Waals surface area contributed by atoms with E-state index in [4.69, 9.17) is 9.72 Å². The monoisotopic (exact) mass is 410 g/mol. The SMILES string of the molecule is Cc1nn(C)c2nc(C3CC3)cc(C(=O)N(Cc3cccs3)CC3CCCO3)c12. The van der Waals surface area contributed by atoms with Gasteiger partial charge in [-0.25, -0.2) is 4.98 Å². The Bertz CT molecular complexity index is 1030. The molecule has 29 heavy (non-hydrogen) atoms. The molecule has 1 aliphatic carbocycles. The van der Waals surface area contributed by atoms with Gasteiger partial charge in [0.25, 0.3) is 5.91 Å². The zero-order valence-corrected chi connectivity index (χ0v) is 17.7. The minimum absolute atomic E-state index is 0.0549. The summed E-state index contributed by atoms with van der Waals surface area (Å²) in [5, 5.41) is 7.49. The summed E-state index contributed by atoms with van der Waals surface area (Å²) in [5.74, 6) is 0.532. The van der Waals surface area contributed by atoms with E-state index in [-0.39, 0.29) is 12.0 Å². The van der Waals surface area contributed by atoms with Crippen LogP contribution in [0.4, 0.5) is 0 Å². The quantitative estimate of drug-likeness (QED) is 0.615. The Labute approximate surface area is 174 Å². The fourth-order valence-electron chi connectivity index (χ4n) is 4.24. The Balaban J connectivity index is 1.55. The van der Waals surface area contributed by atoms with Crippen molar-refractivity contribution in [3.8, 4) is 0 Å². The van der Waals surface area contributed by atoms with Crippen LogP contribution < -0.4 is 0 Å². The van der Waals surface area contributed by atoms with Crippen LogP contribution in [0.15, 0.2) is 23.6 Å². The molecular weight excluding hydrogens is 384 g/mol. The number of aromatic nitrogens is 3. The van der Waals surface area contributed by atoms with Crippen LogP contribution in [0.5, 0.6) is 0 Å². The zero-order chi connectivity index (χ0) is 20.0. The molecule has 1 aliphatic heterocycles. The van der Waals surface area contributed by atoms with Crippen molar-refractivity contribution in [1.82, 2.24) is 19.7 Å². The van der Waals surface area contributed by atoms with Gasteiger partial charge in [0.15, 0.2) is 5.65 Å². The van der Waals surface area contributed by atoms with Crippen molar-refractivity contribution >= 4 is 28.3 Å². The number of ether oxygens (including phenoxy) is 1. The number of carbonyl (C=O) groups excluding carboxylic acids is 1. The van der Waals surface area contributed by atoms with Gasteiger partial charge in [0.1, 0.15) is 0 Å². The third-order valence-electron chi connectivity index (χ3n) is 5.88. The first-order valence-corrected chi connectivity index (χ1v) is 11.3.